The molecule has 10 N–H and O–H groups in total. The molecule has 0 atom stereocenters. The summed E-state index contributed by atoms with van der Waals surface area (Å²) in [6, 6.07) is 9.67. The summed E-state index contributed by atoms with van der Waals surface area (Å²) in [4.78, 5) is 0. The Hall–Kier alpha value is -1.86. The minimum atomic E-state index is 0. The molecule has 2 aromatic carbocycles. The van der Waals surface area contributed by atoms with E-state index in [2.05, 4.69) is 0 Å². The summed E-state index contributed by atoms with van der Waals surface area (Å²) >= 11 is 0. The van der Waals surface area contributed by atoms with E-state index in [0.29, 0.717) is 35.6 Å². The smallest absolute Gasteiger partial charge is 0.120 e. The zero-order chi connectivity index (χ0) is 15.1. The summed E-state index contributed by atoms with van der Waals surface area (Å²) in [5.41, 5.74) is 24.1. The molecule has 0 spiro atoms. The van der Waals surface area contributed by atoms with Crippen molar-refractivity contribution < 1.29 is 10.2 Å². The molecule has 0 fully saturated rings. The van der Waals surface area contributed by atoms with Gasteiger partial charge in [0, 0.05) is 35.6 Å². The lowest BCUT2D eigenvalue weighted by atomic mass is 10.2. The topological polar surface area (TPSA) is 145 Å². The van der Waals surface area contributed by atoms with Gasteiger partial charge in [0.25, 0.3) is 0 Å². The van der Waals surface area contributed by atoms with Crippen molar-refractivity contribution in [3.63, 3.8) is 0 Å². The number of aromatic hydroxyl groups is 2. The third-order valence-electron chi connectivity index (χ3n) is 2.65. The first kappa shape index (κ1) is 22.4. The first-order valence-electron chi connectivity index (χ1n) is 6.02. The summed E-state index contributed by atoms with van der Waals surface area (Å²) in [5, 5.41) is 18.2. The first-order valence-corrected chi connectivity index (χ1v) is 6.02. The third kappa shape index (κ3) is 6.73. The average Bonchev–Trinajstić information content (AvgIpc) is 2.44. The summed E-state index contributed by atoms with van der Waals surface area (Å²) in [6.07, 6.45) is 0. The largest absolute Gasteiger partial charge is 0.508 e. The number of nitrogens with two attached hydrogens (primary N) is 4. The van der Waals surface area contributed by atoms with Crippen LogP contribution >= 0.6 is 24.8 Å². The van der Waals surface area contributed by atoms with Crippen LogP contribution in [0.5, 0.6) is 11.5 Å². The molecule has 0 saturated heterocycles. The number of hydrogen-bond donors (Lipinski definition) is 6. The molecule has 0 saturated carbocycles. The highest BCUT2D eigenvalue weighted by Gasteiger charge is 1.97. The van der Waals surface area contributed by atoms with E-state index >= 15 is 0 Å². The molecule has 124 valence electrons. The second kappa shape index (κ2) is 10.8. The summed E-state index contributed by atoms with van der Waals surface area (Å²) in [7, 11) is 0. The Kier molecular flexibility index (Phi) is 11.0. The van der Waals surface area contributed by atoms with Gasteiger partial charge in [0.15, 0.2) is 0 Å². The maximum absolute atomic E-state index is 9.10. The molecule has 0 aliphatic heterocycles. The predicted octanol–water partition coefficient (Wildman–Crippen LogP) is 1.71. The zero-order valence-corrected chi connectivity index (χ0v) is 13.5. The molecular formula is C14H22Cl2N4O2. The van der Waals surface area contributed by atoms with E-state index in [-0.39, 0.29) is 36.3 Å². The number of halogens is 2. The number of phenols is 2. The van der Waals surface area contributed by atoms with Crippen molar-refractivity contribution in [2.45, 2.75) is 13.1 Å². The van der Waals surface area contributed by atoms with E-state index < -0.39 is 0 Å². The van der Waals surface area contributed by atoms with Crippen LogP contribution in [0.3, 0.4) is 0 Å². The maximum Gasteiger partial charge on any atom is 0.120 e. The lowest BCUT2D eigenvalue weighted by molar-refractivity contribution is 0.468. The average molecular weight is 349 g/mol. The van der Waals surface area contributed by atoms with Gasteiger partial charge >= 0.3 is 0 Å². The Bertz CT molecular complexity index is 531. The van der Waals surface area contributed by atoms with Crippen LogP contribution in [0, 0.1) is 0 Å². The highest BCUT2D eigenvalue weighted by Crippen LogP contribution is 2.19. The molecule has 22 heavy (non-hydrogen) atoms. The van der Waals surface area contributed by atoms with Crippen molar-refractivity contribution in [1.29, 1.82) is 0 Å². The van der Waals surface area contributed by atoms with E-state index in [0.717, 1.165) is 0 Å². The van der Waals surface area contributed by atoms with E-state index in [1.165, 1.54) is 12.1 Å². The Morgan fingerprint density at radius 3 is 1.23 bits per heavy atom. The number of nitrogen functional groups attached to an aromatic ring is 2. The summed E-state index contributed by atoms with van der Waals surface area (Å²) in [5.74, 6) is 0.411. The Morgan fingerprint density at radius 2 is 1.00 bits per heavy atom. The molecule has 0 aliphatic carbocycles. The van der Waals surface area contributed by atoms with Crippen LogP contribution < -0.4 is 22.9 Å². The van der Waals surface area contributed by atoms with E-state index in [4.69, 9.17) is 33.1 Å². The second-order valence-electron chi connectivity index (χ2n) is 4.18. The van der Waals surface area contributed by atoms with Gasteiger partial charge in [-0.3, -0.25) is 0 Å². The quantitative estimate of drug-likeness (QED) is 0.360. The fraction of sp³-hybridized carbons (Fsp3) is 0.143. The molecule has 0 bridgehead atoms. The van der Waals surface area contributed by atoms with Gasteiger partial charge < -0.3 is 33.1 Å². The number of hydrogen-bond acceptors (Lipinski definition) is 6. The zero-order valence-electron chi connectivity index (χ0n) is 11.9. The van der Waals surface area contributed by atoms with Gasteiger partial charge in [0.1, 0.15) is 11.5 Å². The molecule has 0 heterocycles. The van der Waals surface area contributed by atoms with E-state index in [1.807, 2.05) is 0 Å². The normalized spacial score (nSPS) is 8.82. The van der Waals surface area contributed by atoms with E-state index in [9.17, 15) is 0 Å². The van der Waals surface area contributed by atoms with Gasteiger partial charge in [-0.2, -0.15) is 0 Å². The highest BCUT2D eigenvalue weighted by molar-refractivity contribution is 5.85. The number of anilines is 2. The van der Waals surface area contributed by atoms with Crippen LogP contribution in [0.2, 0.25) is 0 Å². The fourth-order valence-corrected chi connectivity index (χ4v) is 1.54. The van der Waals surface area contributed by atoms with Gasteiger partial charge in [-0.1, -0.05) is 0 Å². The summed E-state index contributed by atoms with van der Waals surface area (Å²) in [6.45, 7) is 0.633. The van der Waals surface area contributed by atoms with Crippen molar-refractivity contribution in [3.05, 3.63) is 47.5 Å². The molecule has 0 aliphatic rings. The minimum Gasteiger partial charge on any atom is -0.508 e. The number of rotatable bonds is 2. The Morgan fingerprint density at radius 1 is 0.682 bits per heavy atom. The van der Waals surface area contributed by atoms with Crippen LogP contribution in [0.15, 0.2) is 36.4 Å². The minimum absolute atomic E-state index is 0. The molecule has 2 rings (SSSR count). The molecule has 2 aromatic rings. The summed E-state index contributed by atoms with van der Waals surface area (Å²) < 4.78 is 0. The van der Waals surface area contributed by atoms with Gasteiger partial charge in [0.05, 0.1) is 0 Å². The maximum atomic E-state index is 9.10. The van der Waals surface area contributed by atoms with Crippen molar-refractivity contribution >= 4 is 36.2 Å². The van der Waals surface area contributed by atoms with Gasteiger partial charge in [-0.05, 0) is 36.4 Å². The molecule has 0 amide bonds. The second-order valence-corrected chi connectivity index (χ2v) is 4.18. The van der Waals surface area contributed by atoms with Crippen LogP contribution in [0.4, 0.5) is 11.4 Å². The molecule has 6 nitrogen and oxygen atoms in total. The monoisotopic (exact) mass is 348 g/mol. The fourth-order valence-electron chi connectivity index (χ4n) is 1.54. The van der Waals surface area contributed by atoms with E-state index in [1.54, 1.807) is 24.3 Å². The van der Waals surface area contributed by atoms with Gasteiger partial charge in [-0.15, -0.1) is 24.8 Å². The lowest BCUT2D eigenvalue weighted by Crippen LogP contribution is -1.97. The van der Waals surface area contributed by atoms with Crippen molar-refractivity contribution in [3.8, 4) is 11.5 Å². The molecule has 0 unspecified atom stereocenters. The van der Waals surface area contributed by atoms with Crippen molar-refractivity contribution in [2.75, 3.05) is 11.5 Å². The molecule has 0 radical (unpaired) electrons. The SMILES string of the molecule is Cl.Cl.NCc1cc(N)ccc1O.NCc1cc(N)ccc1O. The molecule has 0 aromatic heterocycles. The van der Waals surface area contributed by atoms with Crippen LogP contribution in [0.25, 0.3) is 0 Å². The Labute approximate surface area is 141 Å². The van der Waals surface area contributed by atoms with Gasteiger partial charge in [0.2, 0.25) is 0 Å². The number of benzene rings is 2. The molecule has 8 heteroatoms. The third-order valence-corrected chi connectivity index (χ3v) is 2.65. The van der Waals surface area contributed by atoms with Crippen molar-refractivity contribution in [1.82, 2.24) is 0 Å². The first-order chi connectivity index (χ1) is 9.47. The van der Waals surface area contributed by atoms with Crippen LogP contribution in [-0.4, -0.2) is 10.2 Å². The molecular weight excluding hydrogens is 327 g/mol. The number of phenolic OH excluding ortho intramolecular Hbond substituents is 2. The van der Waals surface area contributed by atoms with Crippen LogP contribution in [-0.2, 0) is 13.1 Å². The highest BCUT2D eigenvalue weighted by atomic mass is 35.5. The lowest BCUT2D eigenvalue weighted by Gasteiger charge is -2.00. The predicted molar refractivity (Wildman–Crippen MR) is 95.3 cm³/mol. The standard InChI is InChI=1S/2C7H10N2O.2ClH/c2*8-4-5-3-6(9)1-2-7(5)10;;/h2*1-3,10H,4,8-9H2;2*1H. The van der Waals surface area contributed by atoms with Crippen LogP contribution in [0.1, 0.15) is 11.1 Å². The van der Waals surface area contributed by atoms with Gasteiger partial charge in [-0.25, -0.2) is 0 Å². The van der Waals surface area contributed by atoms with Crippen molar-refractivity contribution in [2.24, 2.45) is 11.5 Å². The Balaban J connectivity index is 0.